The lowest BCUT2D eigenvalue weighted by atomic mass is 10.1. The summed E-state index contributed by atoms with van der Waals surface area (Å²) in [6.07, 6.45) is 0. The van der Waals surface area contributed by atoms with Crippen LogP contribution in [0.5, 0.6) is 5.75 Å². The van der Waals surface area contributed by atoms with Crippen molar-refractivity contribution in [2.24, 2.45) is 11.8 Å². The van der Waals surface area contributed by atoms with Gasteiger partial charge < -0.3 is 14.0 Å². The first-order valence-corrected chi connectivity index (χ1v) is 13.6. The van der Waals surface area contributed by atoms with Crippen LogP contribution in [-0.2, 0) is 21.5 Å². The first-order valence-electron chi connectivity index (χ1n) is 11.5. The molecule has 9 heteroatoms. The SMILES string of the molecule is CCN(CC)c1ccc(CN(CC(C)C)C(=O)C(C)C)c(OS(=O)(=O)c2ccc(Cl)c(Cl)c2)c1. The minimum absolute atomic E-state index is 0.000176. The van der Waals surface area contributed by atoms with Crippen LogP contribution in [0.4, 0.5) is 5.69 Å². The molecule has 0 radical (unpaired) electrons. The van der Waals surface area contributed by atoms with Gasteiger partial charge in [-0.15, -0.1) is 0 Å². The van der Waals surface area contributed by atoms with Crippen LogP contribution < -0.4 is 9.08 Å². The van der Waals surface area contributed by atoms with Crippen molar-refractivity contribution < 1.29 is 17.4 Å². The topological polar surface area (TPSA) is 66.9 Å². The fourth-order valence-corrected chi connectivity index (χ4v) is 4.93. The minimum Gasteiger partial charge on any atom is -0.379 e. The molecule has 0 aliphatic heterocycles. The second kappa shape index (κ2) is 12.1. The van der Waals surface area contributed by atoms with Gasteiger partial charge in [-0.3, -0.25) is 4.79 Å². The normalized spacial score (nSPS) is 11.7. The molecule has 0 unspecified atom stereocenters. The van der Waals surface area contributed by atoms with Crippen LogP contribution in [-0.4, -0.2) is 38.9 Å². The van der Waals surface area contributed by atoms with Gasteiger partial charge in [0.15, 0.2) is 0 Å². The van der Waals surface area contributed by atoms with Gasteiger partial charge in [0.2, 0.25) is 5.91 Å². The lowest BCUT2D eigenvalue weighted by Crippen LogP contribution is -2.36. The average molecular weight is 530 g/mol. The van der Waals surface area contributed by atoms with Crippen molar-refractivity contribution in [2.45, 2.75) is 53.0 Å². The molecule has 1 amide bonds. The van der Waals surface area contributed by atoms with E-state index < -0.39 is 10.1 Å². The summed E-state index contributed by atoms with van der Waals surface area (Å²) in [6.45, 7) is 14.1. The predicted molar refractivity (Wildman–Crippen MR) is 139 cm³/mol. The predicted octanol–water partition coefficient (Wildman–Crippen LogP) is 6.25. The van der Waals surface area contributed by atoms with E-state index in [2.05, 4.69) is 4.90 Å². The van der Waals surface area contributed by atoms with Gasteiger partial charge in [0.1, 0.15) is 10.6 Å². The van der Waals surface area contributed by atoms with Crippen molar-refractivity contribution in [3.63, 3.8) is 0 Å². The molecule has 6 nitrogen and oxygen atoms in total. The number of amides is 1. The third kappa shape index (κ3) is 7.27. The molecule has 0 aromatic heterocycles. The zero-order chi connectivity index (χ0) is 25.6. The highest BCUT2D eigenvalue weighted by Gasteiger charge is 2.24. The van der Waals surface area contributed by atoms with E-state index in [0.717, 1.165) is 18.8 Å². The molecule has 0 atom stereocenters. The Labute approximate surface area is 213 Å². The zero-order valence-corrected chi connectivity index (χ0v) is 23.0. The van der Waals surface area contributed by atoms with Gasteiger partial charge in [0.05, 0.1) is 10.0 Å². The molecule has 2 aromatic rings. The van der Waals surface area contributed by atoms with E-state index >= 15 is 0 Å². The van der Waals surface area contributed by atoms with Gasteiger partial charge >= 0.3 is 10.1 Å². The number of nitrogens with zero attached hydrogens (tertiary/aromatic N) is 2. The fraction of sp³-hybridized carbons (Fsp3) is 0.480. The lowest BCUT2D eigenvalue weighted by Gasteiger charge is -2.28. The first-order chi connectivity index (χ1) is 15.9. The fourth-order valence-electron chi connectivity index (χ4n) is 3.58. The lowest BCUT2D eigenvalue weighted by molar-refractivity contribution is -0.135. The van der Waals surface area contributed by atoms with E-state index in [1.54, 1.807) is 11.0 Å². The number of halogens is 2. The highest BCUT2D eigenvalue weighted by atomic mass is 35.5. The molecule has 34 heavy (non-hydrogen) atoms. The molecule has 188 valence electrons. The molecular formula is C25H34Cl2N2O4S. The molecule has 0 heterocycles. The summed E-state index contributed by atoms with van der Waals surface area (Å²) in [6, 6.07) is 9.50. The molecule has 0 fully saturated rings. The van der Waals surface area contributed by atoms with E-state index in [4.69, 9.17) is 27.4 Å². The summed E-state index contributed by atoms with van der Waals surface area (Å²) in [5.74, 6) is 0.251. The molecule has 2 aromatic carbocycles. The van der Waals surface area contributed by atoms with Gasteiger partial charge in [-0.1, -0.05) is 57.0 Å². The number of rotatable bonds is 11. The van der Waals surface area contributed by atoms with E-state index in [1.807, 2.05) is 53.7 Å². The highest BCUT2D eigenvalue weighted by Crippen LogP contribution is 2.32. The zero-order valence-electron chi connectivity index (χ0n) is 20.6. The second-order valence-electron chi connectivity index (χ2n) is 8.84. The van der Waals surface area contributed by atoms with E-state index in [0.29, 0.717) is 12.1 Å². The van der Waals surface area contributed by atoms with Gasteiger partial charge in [-0.2, -0.15) is 8.42 Å². The Morgan fingerprint density at radius 1 is 0.971 bits per heavy atom. The van der Waals surface area contributed by atoms with Crippen molar-refractivity contribution in [1.82, 2.24) is 4.90 Å². The monoisotopic (exact) mass is 528 g/mol. The Morgan fingerprint density at radius 3 is 2.15 bits per heavy atom. The number of hydrogen-bond acceptors (Lipinski definition) is 5. The molecule has 0 N–H and O–H groups in total. The molecule has 0 aliphatic rings. The second-order valence-corrected chi connectivity index (χ2v) is 11.2. The number of hydrogen-bond donors (Lipinski definition) is 0. The van der Waals surface area contributed by atoms with Crippen LogP contribution in [0.2, 0.25) is 10.0 Å². The van der Waals surface area contributed by atoms with Gasteiger partial charge in [-0.25, -0.2) is 0 Å². The van der Waals surface area contributed by atoms with Crippen LogP contribution in [0, 0.1) is 11.8 Å². The molecule has 0 bridgehead atoms. The van der Waals surface area contributed by atoms with Crippen LogP contribution in [0.3, 0.4) is 0 Å². The van der Waals surface area contributed by atoms with Crippen molar-refractivity contribution in [2.75, 3.05) is 24.5 Å². The Balaban J connectivity index is 2.54. The van der Waals surface area contributed by atoms with E-state index in [-0.39, 0.29) is 45.0 Å². The third-order valence-corrected chi connectivity index (χ3v) is 7.28. The number of carbonyl (C=O) groups is 1. The molecule has 0 aliphatic carbocycles. The number of carbonyl (C=O) groups excluding carboxylic acids is 1. The summed E-state index contributed by atoms with van der Waals surface area (Å²) in [5, 5.41) is 0.371. The average Bonchev–Trinajstić information content (AvgIpc) is 2.76. The Kier molecular flexibility index (Phi) is 10.1. The summed E-state index contributed by atoms with van der Waals surface area (Å²) >= 11 is 12.0. The van der Waals surface area contributed by atoms with Gasteiger partial charge in [0, 0.05) is 49.4 Å². The number of benzene rings is 2. The Bertz CT molecular complexity index is 1100. The van der Waals surface area contributed by atoms with Crippen molar-refractivity contribution in [3.8, 4) is 5.75 Å². The smallest absolute Gasteiger partial charge is 0.339 e. The highest BCUT2D eigenvalue weighted by molar-refractivity contribution is 7.87. The largest absolute Gasteiger partial charge is 0.379 e. The van der Waals surface area contributed by atoms with Gasteiger partial charge in [0.25, 0.3) is 0 Å². The molecule has 0 saturated carbocycles. The summed E-state index contributed by atoms with van der Waals surface area (Å²) < 4.78 is 31.9. The summed E-state index contributed by atoms with van der Waals surface area (Å²) in [5.41, 5.74) is 1.44. The third-order valence-electron chi connectivity index (χ3n) is 5.31. The molecule has 2 rings (SSSR count). The van der Waals surface area contributed by atoms with Crippen LogP contribution in [0.1, 0.15) is 47.1 Å². The molecule has 0 saturated heterocycles. The standard InChI is InChI=1S/C25H34Cl2N2O4S/c1-7-28(8-2)20-10-9-19(16-29(15-17(3)4)25(30)18(5)6)24(13-20)33-34(31,32)21-11-12-22(26)23(27)14-21/h9-14,17-18H,7-8,15-16H2,1-6H3. The first kappa shape index (κ1) is 28.3. The minimum atomic E-state index is -4.19. The maximum absolute atomic E-state index is 13.1. The quantitative estimate of drug-likeness (QED) is 0.322. The van der Waals surface area contributed by atoms with Gasteiger partial charge in [-0.05, 0) is 44.0 Å². The summed E-state index contributed by atoms with van der Waals surface area (Å²) in [4.78, 5) is 16.6. The Morgan fingerprint density at radius 2 is 1.62 bits per heavy atom. The molecular weight excluding hydrogens is 495 g/mol. The molecule has 0 spiro atoms. The maximum atomic E-state index is 13.1. The Hall–Kier alpha value is -1.96. The maximum Gasteiger partial charge on any atom is 0.339 e. The number of anilines is 1. The van der Waals surface area contributed by atoms with E-state index in [1.165, 1.54) is 18.2 Å². The van der Waals surface area contributed by atoms with Crippen molar-refractivity contribution >= 4 is 44.9 Å². The van der Waals surface area contributed by atoms with Crippen LogP contribution in [0.15, 0.2) is 41.3 Å². The van der Waals surface area contributed by atoms with Crippen LogP contribution in [0.25, 0.3) is 0 Å². The van der Waals surface area contributed by atoms with Crippen molar-refractivity contribution in [1.29, 1.82) is 0 Å². The van der Waals surface area contributed by atoms with Crippen molar-refractivity contribution in [3.05, 3.63) is 52.0 Å². The van der Waals surface area contributed by atoms with Crippen LogP contribution >= 0.6 is 23.2 Å². The summed E-state index contributed by atoms with van der Waals surface area (Å²) in [7, 11) is -4.19. The van der Waals surface area contributed by atoms with E-state index in [9.17, 15) is 13.2 Å².